The third-order valence-electron chi connectivity index (χ3n) is 4.55. The summed E-state index contributed by atoms with van der Waals surface area (Å²) in [7, 11) is 1.98. The van der Waals surface area contributed by atoms with Crippen LogP contribution in [0.1, 0.15) is 33.6 Å². The first-order valence-corrected chi connectivity index (χ1v) is 7.66. The zero-order valence-corrected chi connectivity index (χ0v) is 13.3. The van der Waals surface area contributed by atoms with E-state index >= 15 is 0 Å². The Labute approximate surface area is 126 Å². The van der Waals surface area contributed by atoms with E-state index in [0.717, 1.165) is 17.1 Å². The Morgan fingerprint density at radius 2 is 2.00 bits per heavy atom. The Morgan fingerprint density at radius 3 is 2.62 bits per heavy atom. The SMILES string of the molecule is CC1CC(C)(C)CC1Nc1ccccc1-c1nncn1C. The van der Waals surface area contributed by atoms with E-state index in [2.05, 4.69) is 60.6 Å². The monoisotopic (exact) mass is 284 g/mol. The summed E-state index contributed by atoms with van der Waals surface area (Å²) in [6.45, 7) is 7.07. The second-order valence-corrected chi connectivity index (χ2v) is 7.11. The molecule has 0 aliphatic heterocycles. The first-order chi connectivity index (χ1) is 9.96. The second kappa shape index (κ2) is 5.17. The van der Waals surface area contributed by atoms with E-state index in [1.807, 2.05) is 11.6 Å². The zero-order chi connectivity index (χ0) is 15.0. The molecule has 0 bridgehead atoms. The molecule has 3 rings (SSSR count). The average Bonchev–Trinajstić information content (AvgIpc) is 2.94. The number of aromatic nitrogens is 3. The van der Waals surface area contributed by atoms with Crippen LogP contribution in [0.3, 0.4) is 0 Å². The predicted octanol–water partition coefficient (Wildman–Crippen LogP) is 3.72. The minimum absolute atomic E-state index is 0.427. The predicted molar refractivity (Wildman–Crippen MR) is 86.0 cm³/mol. The van der Waals surface area contributed by atoms with E-state index in [4.69, 9.17) is 0 Å². The molecule has 0 spiro atoms. The molecule has 1 fully saturated rings. The summed E-state index contributed by atoms with van der Waals surface area (Å²) in [6, 6.07) is 8.90. The van der Waals surface area contributed by atoms with Gasteiger partial charge in [-0.1, -0.05) is 32.9 Å². The fraction of sp³-hybridized carbons (Fsp3) is 0.529. The van der Waals surface area contributed by atoms with Gasteiger partial charge in [0.25, 0.3) is 0 Å². The number of aryl methyl sites for hydroxylation is 1. The lowest BCUT2D eigenvalue weighted by Crippen LogP contribution is -2.23. The van der Waals surface area contributed by atoms with E-state index in [1.165, 1.54) is 12.8 Å². The van der Waals surface area contributed by atoms with Crippen LogP contribution in [0.2, 0.25) is 0 Å². The van der Waals surface area contributed by atoms with Gasteiger partial charge in [-0.15, -0.1) is 10.2 Å². The molecular weight excluding hydrogens is 260 g/mol. The lowest BCUT2D eigenvalue weighted by atomic mass is 9.91. The van der Waals surface area contributed by atoms with Gasteiger partial charge in [-0.05, 0) is 36.3 Å². The molecule has 2 atom stereocenters. The van der Waals surface area contributed by atoms with Gasteiger partial charge in [-0.2, -0.15) is 0 Å². The van der Waals surface area contributed by atoms with Crippen molar-refractivity contribution in [1.82, 2.24) is 14.8 Å². The molecule has 1 aromatic carbocycles. The molecule has 1 aromatic heterocycles. The van der Waals surface area contributed by atoms with Gasteiger partial charge in [0.2, 0.25) is 0 Å². The molecule has 2 unspecified atom stereocenters. The molecule has 1 heterocycles. The molecule has 0 amide bonds. The highest BCUT2D eigenvalue weighted by Crippen LogP contribution is 2.42. The van der Waals surface area contributed by atoms with E-state index in [0.29, 0.717) is 17.4 Å². The topological polar surface area (TPSA) is 42.7 Å². The van der Waals surface area contributed by atoms with Crippen LogP contribution in [0.15, 0.2) is 30.6 Å². The summed E-state index contributed by atoms with van der Waals surface area (Å²) in [5, 5.41) is 12.0. The maximum absolute atomic E-state index is 4.24. The molecule has 112 valence electrons. The number of nitrogens with one attached hydrogen (secondary N) is 1. The zero-order valence-electron chi connectivity index (χ0n) is 13.3. The number of rotatable bonds is 3. The van der Waals surface area contributed by atoms with Gasteiger partial charge in [-0.25, -0.2) is 0 Å². The highest BCUT2D eigenvalue weighted by molar-refractivity contribution is 5.73. The Bertz CT molecular complexity index is 629. The van der Waals surface area contributed by atoms with Crippen molar-refractivity contribution in [3.05, 3.63) is 30.6 Å². The van der Waals surface area contributed by atoms with Crippen LogP contribution in [0.4, 0.5) is 5.69 Å². The lowest BCUT2D eigenvalue weighted by molar-refractivity contribution is 0.366. The second-order valence-electron chi connectivity index (χ2n) is 7.11. The Balaban J connectivity index is 1.89. The third kappa shape index (κ3) is 2.80. The summed E-state index contributed by atoms with van der Waals surface area (Å²) in [5.41, 5.74) is 2.70. The third-order valence-corrected chi connectivity index (χ3v) is 4.55. The maximum atomic E-state index is 4.24. The van der Waals surface area contributed by atoms with Crippen molar-refractivity contribution in [2.75, 3.05) is 5.32 Å². The highest BCUT2D eigenvalue weighted by atomic mass is 15.2. The molecule has 0 radical (unpaired) electrons. The van der Waals surface area contributed by atoms with Crippen molar-refractivity contribution >= 4 is 5.69 Å². The number of hydrogen-bond acceptors (Lipinski definition) is 3. The van der Waals surface area contributed by atoms with Crippen LogP contribution >= 0.6 is 0 Å². The summed E-state index contributed by atoms with van der Waals surface area (Å²) in [6.07, 6.45) is 4.23. The van der Waals surface area contributed by atoms with E-state index in [1.54, 1.807) is 6.33 Å². The number of hydrogen-bond donors (Lipinski definition) is 1. The van der Waals surface area contributed by atoms with Crippen molar-refractivity contribution in [3.63, 3.8) is 0 Å². The molecule has 1 N–H and O–H groups in total. The number of nitrogens with zero attached hydrogens (tertiary/aromatic N) is 3. The lowest BCUT2D eigenvalue weighted by Gasteiger charge is -2.21. The van der Waals surface area contributed by atoms with Crippen molar-refractivity contribution in [3.8, 4) is 11.4 Å². The smallest absolute Gasteiger partial charge is 0.165 e. The number of anilines is 1. The molecule has 1 aliphatic rings. The fourth-order valence-electron chi connectivity index (χ4n) is 3.62. The van der Waals surface area contributed by atoms with Crippen LogP contribution in [-0.2, 0) is 7.05 Å². The quantitative estimate of drug-likeness (QED) is 0.934. The van der Waals surface area contributed by atoms with Gasteiger partial charge in [0, 0.05) is 24.3 Å². The first-order valence-electron chi connectivity index (χ1n) is 7.66. The van der Waals surface area contributed by atoms with E-state index < -0.39 is 0 Å². The van der Waals surface area contributed by atoms with Crippen molar-refractivity contribution in [2.45, 2.75) is 39.7 Å². The molecular formula is C17H24N4. The van der Waals surface area contributed by atoms with Crippen molar-refractivity contribution < 1.29 is 0 Å². The summed E-state index contributed by atoms with van der Waals surface area (Å²) >= 11 is 0. The van der Waals surface area contributed by atoms with Crippen LogP contribution in [0.5, 0.6) is 0 Å². The number of para-hydroxylation sites is 1. The van der Waals surface area contributed by atoms with Gasteiger partial charge < -0.3 is 9.88 Å². The van der Waals surface area contributed by atoms with Gasteiger partial charge in [0.15, 0.2) is 5.82 Å². The van der Waals surface area contributed by atoms with Crippen molar-refractivity contribution in [2.24, 2.45) is 18.4 Å². The molecule has 4 heteroatoms. The van der Waals surface area contributed by atoms with E-state index in [9.17, 15) is 0 Å². The van der Waals surface area contributed by atoms with Gasteiger partial charge in [-0.3, -0.25) is 0 Å². The Morgan fingerprint density at radius 1 is 1.24 bits per heavy atom. The van der Waals surface area contributed by atoms with Gasteiger partial charge in [0.1, 0.15) is 6.33 Å². The van der Waals surface area contributed by atoms with Crippen LogP contribution in [0.25, 0.3) is 11.4 Å². The Hall–Kier alpha value is -1.84. The number of benzene rings is 1. The standard InChI is InChI=1S/C17H24N4/c1-12-9-17(2,3)10-15(12)19-14-8-6-5-7-13(14)16-20-18-11-21(16)4/h5-8,11-12,15,19H,9-10H2,1-4H3. The summed E-state index contributed by atoms with van der Waals surface area (Å²) in [4.78, 5) is 0. The van der Waals surface area contributed by atoms with Crippen molar-refractivity contribution in [1.29, 1.82) is 0 Å². The van der Waals surface area contributed by atoms with E-state index in [-0.39, 0.29) is 0 Å². The average molecular weight is 284 g/mol. The Kier molecular flexibility index (Phi) is 3.47. The summed E-state index contributed by atoms with van der Waals surface area (Å²) in [5.74, 6) is 1.59. The molecule has 1 aliphatic carbocycles. The normalized spacial score (nSPS) is 24.2. The fourth-order valence-corrected chi connectivity index (χ4v) is 3.62. The largest absolute Gasteiger partial charge is 0.381 e. The molecule has 0 saturated heterocycles. The maximum Gasteiger partial charge on any atom is 0.165 e. The van der Waals surface area contributed by atoms with Crippen LogP contribution in [-0.4, -0.2) is 20.8 Å². The highest BCUT2D eigenvalue weighted by Gasteiger charge is 2.36. The molecule has 1 saturated carbocycles. The molecule has 2 aromatic rings. The van der Waals surface area contributed by atoms with Gasteiger partial charge in [0.05, 0.1) is 0 Å². The van der Waals surface area contributed by atoms with Crippen LogP contribution < -0.4 is 5.32 Å². The minimum Gasteiger partial charge on any atom is -0.381 e. The minimum atomic E-state index is 0.427. The summed E-state index contributed by atoms with van der Waals surface area (Å²) < 4.78 is 1.96. The molecule has 21 heavy (non-hydrogen) atoms. The van der Waals surface area contributed by atoms with Crippen LogP contribution in [0, 0.1) is 11.3 Å². The molecule has 4 nitrogen and oxygen atoms in total. The first kappa shape index (κ1) is 14.1. The van der Waals surface area contributed by atoms with Gasteiger partial charge >= 0.3 is 0 Å².